The topological polar surface area (TPSA) is 73.0 Å². The fourth-order valence-electron chi connectivity index (χ4n) is 5.83. The van der Waals surface area contributed by atoms with Crippen molar-refractivity contribution in [1.29, 1.82) is 0 Å². The van der Waals surface area contributed by atoms with E-state index < -0.39 is 0 Å². The highest BCUT2D eigenvalue weighted by Gasteiger charge is 2.40. The third-order valence-corrected chi connectivity index (χ3v) is 7.44. The smallest absolute Gasteiger partial charge is 0.245 e. The molecule has 1 atom stereocenters. The van der Waals surface area contributed by atoms with Gasteiger partial charge in [-0.25, -0.2) is 0 Å². The third-order valence-electron chi connectivity index (χ3n) is 7.44. The maximum atomic E-state index is 13.3. The standard InChI is InChI=1S/C25H44N4O3/c1-25(2,18-27(3)4)17-26-22(30)19-12-15-28(16-13-19)24(32)21-11-8-14-29(21)23(31)20-9-6-5-7-10-20/h19-21H,5-18H2,1-4H3,(H,26,30). The first-order valence-corrected chi connectivity index (χ1v) is 12.7. The van der Waals surface area contributed by atoms with Crippen molar-refractivity contribution in [3.05, 3.63) is 0 Å². The molecule has 0 spiro atoms. The Morgan fingerprint density at radius 1 is 0.844 bits per heavy atom. The number of amides is 3. The van der Waals surface area contributed by atoms with Crippen molar-refractivity contribution >= 4 is 17.7 Å². The first-order valence-electron chi connectivity index (χ1n) is 12.7. The molecule has 7 nitrogen and oxygen atoms in total. The molecule has 2 heterocycles. The predicted molar refractivity (Wildman–Crippen MR) is 126 cm³/mol. The van der Waals surface area contributed by atoms with Gasteiger partial charge >= 0.3 is 0 Å². The zero-order valence-electron chi connectivity index (χ0n) is 20.7. The molecule has 2 aliphatic heterocycles. The van der Waals surface area contributed by atoms with Crippen molar-refractivity contribution in [1.82, 2.24) is 20.0 Å². The van der Waals surface area contributed by atoms with E-state index in [4.69, 9.17) is 0 Å². The second-order valence-corrected chi connectivity index (χ2v) is 11.2. The average Bonchev–Trinajstić information content (AvgIpc) is 3.26. The Morgan fingerprint density at radius 3 is 2.12 bits per heavy atom. The number of rotatable bonds is 7. The van der Waals surface area contributed by atoms with E-state index in [1.54, 1.807) is 0 Å². The lowest BCUT2D eigenvalue weighted by Gasteiger charge is -2.36. The van der Waals surface area contributed by atoms with E-state index in [0.717, 1.165) is 45.1 Å². The number of nitrogens with zero attached hydrogens (tertiary/aromatic N) is 3. The zero-order valence-corrected chi connectivity index (χ0v) is 20.7. The van der Waals surface area contributed by atoms with Crippen LogP contribution in [0.4, 0.5) is 0 Å². The largest absolute Gasteiger partial charge is 0.355 e. The Kier molecular flexibility index (Phi) is 8.59. The highest BCUT2D eigenvalue weighted by atomic mass is 16.2. The van der Waals surface area contributed by atoms with Crippen LogP contribution in [0.25, 0.3) is 0 Å². The van der Waals surface area contributed by atoms with Gasteiger partial charge in [0.2, 0.25) is 17.7 Å². The van der Waals surface area contributed by atoms with Crippen LogP contribution in [0.15, 0.2) is 0 Å². The van der Waals surface area contributed by atoms with Gasteiger partial charge in [-0.05, 0) is 58.0 Å². The Balaban J connectivity index is 1.47. The summed E-state index contributed by atoms with van der Waals surface area (Å²) in [6, 6.07) is -0.290. The van der Waals surface area contributed by atoms with E-state index in [0.29, 0.717) is 39.0 Å². The van der Waals surface area contributed by atoms with Gasteiger partial charge in [-0.3, -0.25) is 14.4 Å². The molecule has 32 heavy (non-hydrogen) atoms. The van der Waals surface area contributed by atoms with Crippen LogP contribution < -0.4 is 5.32 Å². The molecule has 0 aromatic rings. The number of carbonyl (C=O) groups is 3. The van der Waals surface area contributed by atoms with Crippen molar-refractivity contribution in [3.63, 3.8) is 0 Å². The summed E-state index contributed by atoms with van der Waals surface area (Å²) in [5.41, 5.74) is 0.0205. The van der Waals surface area contributed by atoms with Crippen LogP contribution in [-0.4, -0.2) is 85.3 Å². The van der Waals surface area contributed by atoms with Crippen molar-refractivity contribution in [3.8, 4) is 0 Å². The molecule has 0 aromatic carbocycles. The predicted octanol–water partition coefficient (Wildman–Crippen LogP) is 2.50. The molecule has 1 N–H and O–H groups in total. The number of piperidine rings is 1. The summed E-state index contributed by atoms with van der Waals surface area (Å²) >= 11 is 0. The summed E-state index contributed by atoms with van der Waals surface area (Å²) in [5, 5.41) is 3.13. The van der Waals surface area contributed by atoms with E-state index in [-0.39, 0.29) is 41.0 Å². The van der Waals surface area contributed by atoms with Crippen molar-refractivity contribution in [2.75, 3.05) is 46.8 Å². The molecule has 182 valence electrons. The maximum absolute atomic E-state index is 13.3. The molecule has 1 unspecified atom stereocenters. The van der Waals surface area contributed by atoms with Crippen molar-refractivity contribution in [2.24, 2.45) is 17.3 Å². The lowest BCUT2D eigenvalue weighted by molar-refractivity contribution is -0.147. The third kappa shape index (κ3) is 6.46. The van der Waals surface area contributed by atoms with Gasteiger partial charge in [0.15, 0.2) is 0 Å². The molecular formula is C25H44N4O3. The van der Waals surface area contributed by atoms with E-state index >= 15 is 0 Å². The molecule has 3 aliphatic rings. The van der Waals surface area contributed by atoms with Gasteiger partial charge in [-0.2, -0.15) is 0 Å². The lowest BCUT2D eigenvalue weighted by Crippen LogP contribution is -2.52. The van der Waals surface area contributed by atoms with Crippen LogP contribution in [0.2, 0.25) is 0 Å². The van der Waals surface area contributed by atoms with Crippen LogP contribution in [0, 0.1) is 17.3 Å². The summed E-state index contributed by atoms with van der Waals surface area (Å²) in [7, 11) is 4.09. The normalized spacial score (nSPS) is 23.6. The van der Waals surface area contributed by atoms with Crippen molar-refractivity contribution in [2.45, 2.75) is 77.7 Å². The highest BCUT2D eigenvalue weighted by molar-refractivity contribution is 5.89. The van der Waals surface area contributed by atoms with Gasteiger partial charge in [0, 0.05) is 44.6 Å². The summed E-state index contributed by atoms with van der Waals surface area (Å²) in [4.78, 5) is 44.9. The van der Waals surface area contributed by atoms with Crippen LogP contribution in [0.1, 0.15) is 71.6 Å². The minimum atomic E-state index is -0.290. The summed E-state index contributed by atoms with van der Waals surface area (Å²) in [5.74, 6) is 0.493. The molecule has 7 heteroatoms. The van der Waals surface area contributed by atoms with Crippen LogP contribution in [0.5, 0.6) is 0 Å². The van der Waals surface area contributed by atoms with Crippen LogP contribution >= 0.6 is 0 Å². The number of hydrogen-bond acceptors (Lipinski definition) is 4. The monoisotopic (exact) mass is 448 g/mol. The fraction of sp³-hybridized carbons (Fsp3) is 0.880. The molecule has 0 bridgehead atoms. The van der Waals surface area contributed by atoms with E-state index in [9.17, 15) is 14.4 Å². The summed E-state index contributed by atoms with van der Waals surface area (Å²) in [6.07, 6.45) is 8.53. The van der Waals surface area contributed by atoms with E-state index in [1.807, 2.05) is 23.9 Å². The molecule has 0 radical (unpaired) electrons. The molecule has 2 saturated heterocycles. The van der Waals surface area contributed by atoms with Gasteiger partial charge in [-0.1, -0.05) is 33.1 Å². The second kappa shape index (κ2) is 11.0. The number of nitrogens with one attached hydrogen (secondary N) is 1. The molecule has 1 aliphatic carbocycles. The van der Waals surface area contributed by atoms with Crippen LogP contribution in [0.3, 0.4) is 0 Å². The first kappa shape index (κ1) is 25.0. The molecule has 3 rings (SSSR count). The van der Waals surface area contributed by atoms with Crippen molar-refractivity contribution < 1.29 is 14.4 Å². The zero-order chi connectivity index (χ0) is 23.3. The Bertz CT molecular complexity index is 664. The summed E-state index contributed by atoms with van der Waals surface area (Å²) < 4.78 is 0. The Morgan fingerprint density at radius 2 is 1.50 bits per heavy atom. The summed E-state index contributed by atoms with van der Waals surface area (Å²) in [6.45, 7) is 7.83. The van der Waals surface area contributed by atoms with Gasteiger partial charge < -0.3 is 20.0 Å². The van der Waals surface area contributed by atoms with Gasteiger partial charge in [0.05, 0.1) is 0 Å². The quantitative estimate of drug-likeness (QED) is 0.650. The minimum absolute atomic E-state index is 0.0205. The molecular weight excluding hydrogens is 404 g/mol. The molecule has 1 saturated carbocycles. The van der Waals surface area contributed by atoms with Crippen LogP contribution in [-0.2, 0) is 14.4 Å². The molecule has 3 fully saturated rings. The van der Waals surface area contributed by atoms with Gasteiger partial charge in [0.25, 0.3) is 0 Å². The molecule has 3 amide bonds. The molecule has 0 aromatic heterocycles. The second-order valence-electron chi connectivity index (χ2n) is 11.2. The average molecular weight is 449 g/mol. The highest BCUT2D eigenvalue weighted by Crippen LogP contribution is 2.30. The van der Waals surface area contributed by atoms with Gasteiger partial charge in [0.1, 0.15) is 6.04 Å². The number of carbonyl (C=O) groups excluding carboxylic acids is 3. The Labute approximate surface area is 194 Å². The first-order chi connectivity index (χ1) is 15.2. The van der Waals surface area contributed by atoms with Gasteiger partial charge in [-0.15, -0.1) is 0 Å². The fourth-order valence-corrected chi connectivity index (χ4v) is 5.83. The lowest BCUT2D eigenvalue weighted by atomic mass is 9.88. The maximum Gasteiger partial charge on any atom is 0.245 e. The SMILES string of the molecule is CN(C)CC(C)(C)CNC(=O)C1CCN(C(=O)C2CCCN2C(=O)C2CCCCC2)CC1. The number of likely N-dealkylation sites (tertiary alicyclic amines) is 2. The number of hydrogen-bond donors (Lipinski definition) is 1. The van der Waals surface area contributed by atoms with E-state index in [1.165, 1.54) is 6.42 Å². The minimum Gasteiger partial charge on any atom is -0.355 e. The van der Waals surface area contributed by atoms with E-state index in [2.05, 4.69) is 24.1 Å². The Hall–Kier alpha value is -1.63.